The van der Waals surface area contributed by atoms with Gasteiger partial charge in [-0.2, -0.15) is 13.2 Å². The Bertz CT molecular complexity index is 1680. The lowest BCUT2D eigenvalue weighted by Crippen LogP contribution is -2.35. The van der Waals surface area contributed by atoms with Gasteiger partial charge in [0.25, 0.3) is 0 Å². The average Bonchev–Trinajstić information content (AvgIpc) is 3.03. The number of nitrogens with zero attached hydrogens (tertiary/aromatic N) is 2. The number of hydrogen-bond acceptors (Lipinski definition) is 8. The molecule has 3 N–H and O–H groups in total. The van der Waals surface area contributed by atoms with Crippen LogP contribution < -0.4 is 30.2 Å². The molecule has 45 heavy (non-hydrogen) atoms. The first kappa shape index (κ1) is 31.4. The largest absolute Gasteiger partial charge is 0.491 e. The summed E-state index contributed by atoms with van der Waals surface area (Å²) >= 11 is 0. The van der Waals surface area contributed by atoms with Crippen molar-refractivity contribution in [3.63, 3.8) is 0 Å². The molecule has 2 amide bonds. The van der Waals surface area contributed by atoms with E-state index in [1.54, 1.807) is 18.2 Å². The highest BCUT2D eigenvalue weighted by Gasteiger charge is 2.32. The molecule has 1 aliphatic heterocycles. The van der Waals surface area contributed by atoms with E-state index in [0.29, 0.717) is 40.7 Å². The third-order valence-electron chi connectivity index (χ3n) is 7.11. The number of piperidine rings is 1. The average molecular weight is 628 g/mol. The Kier molecular flexibility index (Phi) is 9.62. The lowest BCUT2D eigenvalue weighted by molar-refractivity contribution is -0.141. The van der Waals surface area contributed by atoms with Gasteiger partial charge in [-0.1, -0.05) is 6.07 Å². The Morgan fingerprint density at radius 3 is 2.44 bits per heavy atom. The predicted molar refractivity (Wildman–Crippen MR) is 156 cm³/mol. The molecule has 1 fully saturated rings. The molecule has 0 bridgehead atoms. The van der Waals surface area contributed by atoms with Crippen molar-refractivity contribution in [1.29, 1.82) is 0 Å². The van der Waals surface area contributed by atoms with Crippen LogP contribution in [0.1, 0.15) is 24.1 Å². The molecule has 10 nitrogen and oxygen atoms in total. The fraction of sp³-hybridized carbons (Fsp3) is 0.290. The lowest BCUT2D eigenvalue weighted by Gasteiger charge is -2.23. The van der Waals surface area contributed by atoms with Crippen LogP contribution in [0.4, 0.5) is 23.2 Å². The first-order chi connectivity index (χ1) is 21.6. The number of methoxy groups -OCH3 is 1. The number of amides is 2. The van der Waals surface area contributed by atoms with Crippen molar-refractivity contribution in [2.45, 2.75) is 25.6 Å². The number of carbonyl (C=O) groups excluding carboxylic acids is 2. The van der Waals surface area contributed by atoms with Crippen molar-refractivity contribution >= 4 is 28.4 Å². The summed E-state index contributed by atoms with van der Waals surface area (Å²) in [6, 6.07) is 10.6. The second-order valence-electron chi connectivity index (χ2n) is 10.2. The highest BCUT2D eigenvalue weighted by Crippen LogP contribution is 2.40. The van der Waals surface area contributed by atoms with Crippen molar-refractivity contribution in [3.05, 3.63) is 78.0 Å². The summed E-state index contributed by atoms with van der Waals surface area (Å²) in [6.07, 6.45) is -0.0974. The Morgan fingerprint density at radius 1 is 0.978 bits per heavy atom. The monoisotopic (exact) mass is 627 g/mol. The highest BCUT2D eigenvalue weighted by molar-refractivity contribution is 6.39. The van der Waals surface area contributed by atoms with E-state index in [1.165, 1.54) is 25.4 Å². The lowest BCUT2D eigenvalue weighted by atomic mass is 9.99. The third-order valence-corrected chi connectivity index (χ3v) is 7.11. The molecule has 14 heteroatoms. The molecule has 3 heterocycles. The summed E-state index contributed by atoms with van der Waals surface area (Å²) in [5.41, 5.74) is -0.379. The molecule has 2 aromatic heterocycles. The van der Waals surface area contributed by atoms with Crippen LogP contribution in [0, 0.1) is 11.7 Å². The van der Waals surface area contributed by atoms with Gasteiger partial charge in [0, 0.05) is 36.1 Å². The molecule has 0 radical (unpaired) electrons. The molecule has 0 atom stereocenters. The minimum absolute atomic E-state index is 0.0204. The van der Waals surface area contributed by atoms with Gasteiger partial charge in [0.2, 0.25) is 0 Å². The normalized spacial score (nSPS) is 13.7. The number of fused-ring (bicyclic) bond motifs is 1. The molecule has 1 aliphatic rings. The standard InChI is InChI=1S/C31H29F4N5O5/c1-43-28-25(44-17-18-8-11-36-12-9-18)6-4-21-23(10-13-37-27(21)28)45-24-5-3-20(14-22(24)32)40-30(42)29(41)39-16-19-2-7-26(38-15-19)31(33,34)35/h2-7,10,13-15,18,36H,8-9,11-12,16-17H2,1H3,(H,39,41)(H,40,42). The molecule has 0 saturated carbocycles. The number of anilines is 1. The van der Waals surface area contributed by atoms with Gasteiger partial charge in [-0.3, -0.25) is 19.6 Å². The summed E-state index contributed by atoms with van der Waals surface area (Å²) in [5.74, 6) is -1.44. The van der Waals surface area contributed by atoms with Crippen molar-refractivity contribution < 1.29 is 41.4 Å². The number of hydrogen-bond donors (Lipinski definition) is 3. The second-order valence-corrected chi connectivity index (χ2v) is 10.2. The van der Waals surface area contributed by atoms with Gasteiger partial charge in [0.15, 0.2) is 23.1 Å². The summed E-state index contributed by atoms with van der Waals surface area (Å²) in [7, 11) is 1.51. The van der Waals surface area contributed by atoms with Gasteiger partial charge < -0.3 is 30.2 Å². The van der Waals surface area contributed by atoms with E-state index in [2.05, 4.69) is 25.9 Å². The molecule has 0 spiro atoms. The Morgan fingerprint density at radius 2 is 1.76 bits per heavy atom. The molecule has 5 rings (SSSR count). The van der Waals surface area contributed by atoms with Gasteiger partial charge >= 0.3 is 18.0 Å². The van der Waals surface area contributed by atoms with E-state index in [4.69, 9.17) is 14.2 Å². The maximum Gasteiger partial charge on any atom is 0.433 e. The van der Waals surface area contributed by atoms with Gasteiger partial charge in [-0.05, 0) is 73.8 Å². The van der Waals surface area contributed by atoms with E-state index in [0.717, 1.165) is 50.3 Å². The van der Waals surface area contributed by atoms with Crippen LogP contribution in [0.2, 0.25) is 0 Å². The van der Waals surface area contributed by atoms with E-state index in [9.17, 15) is 22.8 Å². The van der Waals surface area contributed by atoms with Gasteiger partial charge in [0.1, 0.15) is 17.0 Å². The smallest absolute Gasteiger partial charge is 0.433 e. The number of benzene rings is 2. The second kappa shape index (κ2) is 13.8. The Balaban J connectivity index is 1.21. The molecule has 1 saturated heterocycles. The number of alkyl halides is 3. The molecule has 0 aliphatic carbocycles. The predicted octanol–water partition coefficient (Wildman–Crippen LogP) is 5.22. The van der Waals surface area contributed by atoms with Crippen LogP contribution in [0.5, 0.6) is 23.0 Å². The number of rotatable bonds is 9. The van der Waals surface area contributed by atoms with Crippen molar-refractivity contribution in [2.24, 2.45) is 5.92 Å². The third kappa shape index (κ3) is 7.76. The first-order valence-electron chi connectivity index (χ1n) is 14.0. The zero-order valence-corrected chi connectivity index (χ0v) is 24.0. The van der Waals surface area contributed by atoms with E-state index in [1.807, 2.05) is 0 Å². The maximum absolute atomic E-state index is 15.0. The summed E-state index contributed by atoms with van der Waals surface area (Å²) in [6.45, 7) is 2.22. The summed E-state index contributed by atoms with van der Waals surface area (Å²) < 4.78 is 70.5. The molecular formula is C31H29F4N5O5. The van der Waals surface area contributed by atoms with Crippen molar-refractivity contribution in [2.75, 3.05) is 32.1 Å². The van der Waals surface area contributed by atoms with Gasteiger partial charge in [-0.25, -0.2) is 4.39 Å². The zero-order chi connectivity index (χ0) is 32.0. The minimum Gasteiger partial charge on any atom is -0.491 e. The minimum atomic E-state index is -4.59. The quantitative estimate of drug-likeness (QED) is 0.171. The number of nitrogens with one attached hydrogen (secondary N) is 3. The summed E-state index contributed by atoms with van der Waals surface area (Å²) in [4.78, 5) is 32.2. The van der Waals surface area contributed by atoms with Gasteiger partial charge in [-0.15, -0.1) is 0 Å². The molecule has 236 valence electrons. The number of halogens is 4. The van der Waals surface area contributed by atoms with Crippen LogP contribution in [-0.2, 0) is 22.3 Å². The zero-order valence-electron chi connectivity index (χ0n) is 24.0. The van der Waals surface area contributed by atoms with Crippen molar-refractivity contribution in [3.8, 4) is 23.0 Å². The Hall–Kier alpha value is -4.98. The SMILES string of the molecule is COc1c(OCC2CCNCC2)ccc2c(Oc3ccc(NC(=O)C(=O)NCc4ccc(C(F)(F)F)nc4)cc3F)ccnc12. The van der Waals surface area contributed by atoms with Crippen LogP contribution in [0.3, 0.4) is 0 Å². The van der Waals surface area contributed by atoms with Crippen LogP contribution in [0.25, 0.3) is 10.9 Å². The van der Waals surface area contributed by atoms with E-state index >= 15 is 4.39 Å². The fourth-order valence-corrected chi connectivity index (χ4v) is 4.73. The number of aromatic nitrogens is 2. The molecule has 2 aromatic carbocycles. The van der Waals surface area contributed by atoms with Crippen molar-refractivity contribution in [1.82, 2.24) is 20.6 Å². The number of carbonyl (C=O) groups is 2. The van der Waals surface area contributed by atoms with E-state index < -0.39 is 29.5 Å². The summed E-state index contributed by atoms with van der Waals surface area (Å²) in [5, 5.41) is 8.43. The van der Waals surface area contributed by atoms with Crippen LogP contribution >= 0.6 is 0 Å². The number of pyridine rings is 2. The molecule has 0 unspecified atom stereocenters. The van der Waals surface area contributed by atoms with Gasteiger partial charge in [0.05, 0.1) is 13.7 Å². The fourth-order valence-electron chi connectivity index (χ4n) is 4.73. The topological polar surface area (TPSA) is 124 Å². The Labute approximate surface area is 255 Å². The van der Waals surface area contributed by atoms with Crippen LogP contribution in [-0.4, -0.2) is 48.6 Å². The molecular weight excluding hydrogens is 598 g/mol. The van der Waals surface area contributed by atoms with E-state index in [-0.39, 0.29) is 23.5 Å². The number of ether oxygens (including phenoxy) is 3. The van der Waals surface area contributed by atoms with Crippen LogP contribution in [0.15, 0.2) is 60.9 Å². The first-order valence-corrected chi connectivity index (χ1v) is 14.0. The highest BCUT2D eigenvalue weighted by atomic mass is 19.4. The molecule has 4 aromatic rings. The maximum atomic E-state index is 15.0.